The van der Waals surface area contributed by atoms with Crippen molar-refractivity contribution in [3.63, 3.8) is 0 Å². The fourth-order valence-corrected chi connectivity index (χ4v) is 5.75. The number of benzene rings is 1. The average Bonchev–Trinajstić information content (AvgIpc) is 3.40. The minimum atomic E-state index is -0.379. The SMILES string of the molecule is CCOC(=O)c1c(NC(=O)CSc2nnc(COc3cc(C)cc(C)c3)o2)sc2c1CCCC2. The summed E-state index contributed by atoms with van der Waals surface area (Å²) in [5, 5.41) is 11.7. The van der Waals surface area contributed by atoms with E-state index >= 15 is 0 Å². The van der Waals surface area contributed by atoms with Crippen LogP contribution in [0.25, 0.3) is 0 Å². The number of thioether (sulfide) groups is 1. The molecule has 0 unspecified atom stereocenters. The smallest absolute Gasteiger partial charge is 0.341 e. The molecule has 10 heteroatoms. The molecule has 4 rings (SSSR count). The summed E-state index contributed by atoms with van der Waals surface area (Å²) in [5.41, 5.74) is 3.74. The van der Waals surface area contributed by atoms with Crippen LogP contribution in [0.15, 0.2) is 27.8 Å². The predicted molar refractivity (Wildman–Crippen MR) is 131 cm³/mol. The van der Waals surface area contributed by atoms with E-state index in [9.17, 15) is 9.59 Å². The summed E-state index contributed by atoms with van der Waals surface area (Å²) in [4.78, 5) is 26.3. The number of carbonyl (C=O) groups is 2. The van der Waals surface area contributed by atoms with Gasteiger partial charge in [0.1, 0.15) is 10.8 Å². The van der Waals surface area contributed by atoms with Crippen molar-refractivity contribution in [3.05, 3.63) is 51.2 Å². The van der Waals surface area contributed by atoms with Gasteiger partial charge in [0.15, 0.2) is 6.61 Å². The lowest BCUT2D eigenvalue weighted by atomic mass is 9.95. The van der Waals surface area contributed by atoms with E-state index in [1.165, 1.54) is 11.3 Å². The summed E-state index contributed by atoms with van der Waals surface area (Å²) in [7, 11) is 0. The van der Waals surface area contributed by atoms with Crippen LogP contribution < -0.4 is 10.1 Å². The van der Waals surface area contributed by atoms with Crippen molar-refractivity contribution >= 4 is 40.0 Å². The largest absolute Gasteiger partial charge is 0.484 e. The molecule has 1 aromatic carbocycles. The second-order valence-electron chi connectivity index (χ2n) is 8.05. The van der Waals surface area contributed by atoms with Crippen molar-refractivity contribution in [1.82, 2.24) is 10.2 Å². The molecular formula is C24H27N3O5S2. The quantitative estimate of drug-likeness (QED) is 0.319. The molecule has 2 heterocycles. The zero-order valence-corrected chi connectivity index (χ0v) is 21.1. The van der Waals surface area contributed by atoms with Gasteiger partial charge in [-0.1, -0.05) is 17.8 Å². The molecule has 34 heavy (non-hydrogen) atoms. The number of aryl methyl sites for hydroxylation is 3. The second kappa shape index (κ2) is 11.1. The Balaban J connectivity index is 1.34. The Morgan fingerprint density at radius 3 is 2.68 bits per heavy atom. The van der Waals surface area contributed by atoms with Crippen LogP contribution in [-0.2, 0) is 29.0 Å². The number of aromatic nitrogens is 2. The van der Waals surface area contributed by atoms with Crippen LogP contribution >= 0.6 is 23.1 Å². The number of carbonyl (C=O) groups excluding carboxylic acids is 2. The van der Waals surface area contributed by atoms with E-state index < -0.39 is 0 Å². The third-order valence-electron chi connectivity index (χ3n) is 5.24. The van der Waals surface area contributed by atoms with Gasteiger partial charge in [-0.15, -0.1) is 21.5 Å². The number of fused-ring (bicyclic) bond motifs is 1. The molecule has 0 atom stereocenters. The van der Waals surface area contributed by atoms with Crippen molar-refractivity contribution in [2.75, 3.05) is 17.7 Å². The molecular weight excluding hydrogens is 474 g/mol. The number of rotatable bonds is 9. The van der Waals surface area contributed by atoms with E-state index in [2.05, 4.69) is 21.6 Å². The second-order valence-corrected chi connectivity index (χ2v) is 10.1. The zero-order chi connectivity index (χ0) is 24.1. The molecule has 0 bridgehead atoms. The summed E-state index contributed by atoms with van der Waals surface area (Å²) in [6.45, 7) is 6.23. The third kappa shape index (κ3) is 5.98. The van der Waals surface area contributed by atoms with Crippen LogP contribution in [0.4, 0.5) is 5.00 Å². The number of hydrogen-bond donors (Lipinski definition) is 1. The predicted octanol–water partition coefficient (Wildman–Crippen LogP) is 5.11. The molecule has 0 spiro atoms. The lowest BCUT2D eigenvalue weighted by molar-refractivity contribution is -0.113. The van der Waals surface area contributed by atoms with Gasteiger partial charge in [0.05, 0.1) is 17.9 Å². The van der Waals surface area contributed by atoms with Crippen molar-refractivity contribution in [2.24, 2.45) is 0 Å². The molecule has 1 aliphatic carbocycles. The van der Waals surface area contributed by atoms with E-state index in [4.69, 9.17) is 13.9 Å². The molecule has 2 aromatic heterocycles. The van der Waals surface area contributed by atoms with Gasteiger partial charge in [-0.25, -0.2) is 4.79 Å². The highest BCUT2D eigenvalue weighted by molar-refractivity contribution is 7.99. The fraction of sp³-hybridized carbons (Fsp3) is 0.417. The van der Waals surface area contributed by atoms with Crippen molar-refractivity contribution in [1.29, 1.82) is 0 Å². The highest BCUT2D eigenvalue weighted by Crippen LogP contribution is 2.38. The van der Waals surface area contributed by atoms with E-state index in [1.807, 2.05) is 26.0 Å². The van der Waals surface area contributed by atoms with E-state index in [0.29, 0.717) is 23.1 Å². The number of anilines is 1. The van der Waals surface area contributed by atoms with Crippen molar-refractivity contribution < 1.29 is 23.5 Å². The number of amides is 1. The topological polar surface area (TPSA) is 104 Å². The third-order valence-corrected chi connectivity index (χ3v) is 7.26. The summed E-state index contributed by atoms with van der Waals surface area (Å²) in [6, 6.07) is 5.95. The van der Waals surface area contributed by atoms with Gasteiger partial charge in [0, 0.05) is 4.88 Å². The Bertz CT molecular complexity index is 1170. The van der Waals surface area contributed by atoms with E-state index in [0.717, 1.165) is 64.8 Å². The number of nitrogens with one attached hydrogen (secondary N) is 1. The van der Waals surface area contributed by atoms with E-state index in [1.54, 1.807) is 6.92 Å². The maximum absolute atomic E-state index is 12.6. The zero-order valence-electron chi connectivity index (χ0n) is 19.4. The number of thiophene rings is 1. The van der Waals surface area contributed by atoms with Gasteiger partial charge in [0.25, 0.3) is 11.1 Å². The van der Waals surface area contributed by atoms with E-state index in [-0.39, 0.29) is 29.5 Å². The first-order valence-corrected chi connectivity index (χ1v) is 13.0. The molecule has 3 aromatic rings. The van der Waals surface area contributed by atoms with Crippen molar-refractivity contribution in [3.8, 4) is 5.75 Å². The Kier molecular flexibility index (Phi) is 7.89. The van der Waals surface area contributed by atoms with Crippen LogP contribution in [0, 0.1) is 13.8 Å². The summed E-state index contributed by atoms with van der Waals surface area (Å²) in [6.07, 6.45) is 3.88. The van der Waals surface area contributed by atoms with Crippen LogP contribution in [0.2, 0.25) is 0 Å². The molecule has 1 aliphatic rings. The van der Waals surface area contributed by atoms with Crippen molar-refractivity contribution in [2.45, 2.75) is 58.3 Å². The maximum Gasteiger partial charge on any atom is 0.341 e. The number of nitrogens with zero attached hydrogens (tertiary/aromatic N) is 2. The van der Waals surface area contributed by atoms with Gasteiger partial charge >= 0.3 is 5.97 Å². The molecule has 180 valence electrons. The van der Waals surface area contributed by atoms with Crippen LogP contribution in [0.5, 0.6) is 5.75 Å². The van der Waals surface area contributed by atoms with Gasteiger partial charge in [-0.3, -0.25) is 4.79 Å². The fourth-order valence-electron chi connectivity index (χ4n) is 3.88. The molecule has 1 N–H and O–H groups in total. The molecule has 8 nitrogen and oxygen atoms in total. The average molecular weight is 502 g/mol. The highest BCUT2D eigenvalue weighted by Gasteiger charge is 2.27. The first-order valence-electron chi connectivity index (χ1n) is 11.2. The first kappa shape index (κ1) is 24.3. The molecule has 0 aliphatic heterocycles. The Morgan fingerprint density at radius 1 is 1.15 bits per heavy atom. The molecule has 1 amide bonds. The maximum atomic E-state index is 12.6. The van der Waals surface area contributed by atoms with Crippen LogP contribution in [0.3, 0.4) is 0 Å². The molecule has 0 saturated heterocycles. The molecule has 0 fully saturated rings. The molecule has 0 saturated carbocycles. The highest BCUT2D eigenvalue weighted by atomic mass is 32.2. The summed E-state index contributed by atoms with van der Waals surface area (Å²) >= 11 is 2.60. The lowest BCUT2D eigenvalue weighted by Gasteiger charge is -2.12. The summed E-state index contributed by atoms with van der Waals surface area (Å²) in [5.74, 6) is 0.512. The minimum Gasteiger partial charge on any atom is -0.484 e. The van der Waals surface area contributed by atoms with Gasteiger partial charge in [0.2, 0.25) is 5.91 Å². The first-order chi connectivity index (χ1) is 16.4. The summed E-state index contributed by atoms with van der Waals surface area (Å²) < 4.78 is 16.6. The normalized spacial score (nSPS) is 12.8. The van der Waals surface area contributed by atoms with Crippen LogP contribution in [0.1, 0.15) is 57.6 Å². The minimum absolute atomic E-state index is 0.0738. The van der Waals surface area contributed by atoms with Crippen LogP contribution in [-0.4, -0.2) is 34.4 Å². The molecule has 0 radical (unpaired) electrons. The van der Waals surface area contributed by atoms with Gasteiger partial charge < -0.3 is 19.2 Å². The Labute approximate surface area is 206 Å². The lowest BCUT2D eigenvalue weighted by Crippen LogP contribution is -2.17. The van der Waals surface area contributed by atoms with Gasteiger partial charge in [-0.05, 0) is 75.3 Å². The standard InChI is InChI=1S/C24H27N3O5S2/c1-4-30-23(29)21-17-7-5-6-8-18(17)34-22(21)25-19(28)13-33-24-27-26-20(32-24)12-31-16-10-14(2)9-15(3)11-16/h9-11H,4-8,12-13H2,1-3H3,(H,25,28). The number of esters is 1. The van der Waals surface area contributed by atoms with Gasteiger partial charge in [-0.2, -0.15) is 0 Å². The monoisotopic (exact) mass is 501 g/mol. The number of ether oxygens (including phenoxy) is 2. The number of hydrogen-bond acceptors (Lipinski definition) is 9. The Hall–Kier alpha value is -2.85. The Morgan fingerprint density at radius 2 is 1.91 bits per heavy atom.